The maximum Gasteiger partial charge on any atom is 0.313 e. The molecule has 0 unspecified atom stereocenters. The molecule has 0 radical (unpaired) electrons. The van der Waals surface area contributed by atoms with Gasteiger partial charge in [0.2, 0.25) is 0 Å². The number of fused-ring (bicyclic) bond motifs is 1. The van der Waals surface area contributed by atoms with Gasteiger partial charge in [-0.2, -0.15) is 0 Å². The zero-order valence-electron chi connectivity index (χ0n) is 11.3. The molecule has 2 rings (SSSR count). The summed E-state index contributed by atoms with van der Waals surface area (Å²) in [5, 5.41) is 12.1. The fourth-order valence-electron chi connectivity index (χ4n) is 1.89. The van der Waals surface area contributed by atoms with Gasteiger partial charge in [-0.05, 0) is 30.0 Å². The smallest absolute Gasteiger partial charge is 0.313 e. The number of thioether (sulfide) groups is 1. The second-order valence-electron chi connectivity index (χ2n) is 4.40. The summed E-state index contributed by atoms with van der Waals surface area (Å²) in [4.78, 5) is 23.0. The summed E-state index contributed by atoms with van der Waals surface area (Å²) in [6.45, 7) is 2.24. The molecule has 0 saturated carbocycles. The fourth-order valence-corrected chi connectivity index (χ4v) is 3.61. The van der Waals surface area contributed by atoms with E-state index in [4.69, 9.17) is 5.11 Å². The standard InChI is InChI=1S/C14H14FNO3S2/c1-8-10-3-2-9(15)6-11(10)21-13(8)14(19)16-4-5-20-7-12(17)18/h2-3,6H,4-5,7H2,1H3,(H,16,19)(H,17,18). The predicted octanol–water partition coefficient (Wildman–Crippen LogP) is 2.90. The molecule has 0 saturated heterocycles. The lowest BCUT2D eigenvalue weighted by Crippen LogP contribution is -2.25. The number of carbonyl (C=O) groups is 2. The first-order valence-corrected chi connectivity index (χ1v) is 8.22. The molecule has 1 aromatic heterocycles. The molecule has 4 nitrogen and oxygen atoms in total. The van der Waals surface area contributed by atoms with Crippen molar-refractivity contribution in [2.24, 2.45) is 0 Å². The van der Waals surface area contributed by atoms with Gasteiger partial charge in [0.25, 0.3) is 5.91 Å². The highest BCUT2D eigenvalue weighted by Crippen LogP contribution is 2.31. The molecule has 0 aliphatic carbocycles. The molecule has 7 heteroatoms. The minimum absolute atomic E-state index is 0.0249. The molecular weight excluding hydrogens is 313 g/mol. The topological polar surface area (TPSA) is 66.4 Å². The van der Waals surface area contributed by atoms with Crippen molar-refractivity contribution in [1.82, 2.24) is 5.32 Å². The SMILES string of the molecule is Cc1c(C(=O)NCCSCC(=O)O)sc2cc(F)ccc12. The van der Waals surface area contributed by atoms with Crippen molar-refractivity contribution in [3.05, 3.63) is 34.5 Å². The third-order valence-electron chi connectivity index (χ3n) is 2.86. The van der Waals surface area contributed by atoms with Gasteiger partial charge in [-0.25, -0.2) is 4.39 Å². The van der Waals surface area contributed by atoms with Crippen molar-refractivity contribution >= 4 is 45.1 Å². The zero-order chi connectivity index (χ0) is 15.4. The van der Waals surface area contributed by atoms with Crippen LogP contribution in [0.25, 0.3) is 10.1 Å². The molecule has 0 spiro atoms. The molecule has 21 heavy (non-hydrogen) atoms. The van der Waals surface area contributed by atoms with Crippen molar-refractivity contribution < 1.29 is 19.1 Å². The summed E-state index contributed by atoms with van der Waals surface area (Å²) in [6.07, 6.45) is 0. The van der Waals surface area contributed by atoms with E-state index < -0.39 is 5.97 Å². The third-order valence-corrected chi connectivity index (χ3v) is 5.06. The summed E-state index contributed by atoms with van der Waals surface area (Å²) in [5.74, 6) is -0.826. The van der Waals surface area contributed by atoms with Crippen LogP contribution in [0.3, 0.4) is 0 Å². The van der Waals surface area contributed by atoms with Crippen LogP contribution >= 0.6 is 23.1 Å². The lowest BCUT2D eigenvalue weighted by Gasteiger charge is -2.03. The van der Waals surface area contributed by atoms with Gasteiger partial charge in [-0.3, -0.25) is 9.59 Å². The number of benzene rings is 1. The fraction of sp³-hybridized carbons (Fsp3) is 0.286. The highest BCUT2D eigenvalue weighted by atomic mass is 32.2. The highest BCUT2D eigenvalue weighted by molar-refractivity contribution is 7.99. The third kappa shape index (κ3) is 3.95. The van der Waals surface area contributed by atoms with Gasteiger partial charge in [0.1, 0.15) is 5.82 Å². The maximum atomic E-state index is 13.2. The van der Waals surface area contributed by atoms with Crippen molar-refractivity contribution in [2.75, 3.05) is 18.1 Å². The van der Waals surface area contributed by atoms with Gasteiger partial charge in [0.15, 0.2) is 0 Å². The Labute approximate surface area is 129 Å². The molecule has 0 bridgehead atoms. The van der Waals surface area contributed by atoms with Crippen molar-refractivity contribution in [2.45, 2.75) is 6.92 Å². The molecule has 2 N–H and O–H groups in total. The van der Waals surface area contributed by atoms with Gasteiger partial charge >= 0.3 is 5.97 Å². The molecule has 0 aliphatic heterocycles. The lowest BCUT2D eigenvalue weighted by molar-refractivity contribution is -0.133. The van der Waals surface area contributed by atoms with E-state index in [1.165, 1.54) is 35.2 Å². The minimum atomic E-state index is -0.867. The molecule has 1 aromatic carbocycles. The number of halogens is 1. The molecule has 0 fully saturated rings. The second kappa shape index (κ2) is 6.91. The molecule has 0 aliphatic rings. The van der Waals surface area contributed by atoms with Gasteiger partial charge < -0.3 is 10.4 Å². The summed E-state index contributed by atoms with van der Waals surface area (Å²) in [5.41, 5.74) is 0.839. The van der Waals surface area contributed by atoms with Gasteiger partial charge in [-0.1, -0.05) is 6.07 Å². The van der Waals surface area contributed by atoms with E-state index >= 15 is 0 Å². The molecule has 1 amide bonds. The summed E-state index contributed by atoms with van der Waals surface area (Å²) in [6, 6.07) is 4.48. The molecular formula is C14H14FNO3S2. The van der Waals surface area contributed by atoms with Crippen LogP contribution in [0.1, 0.15) is 15.2 Å². The van der Waals surface area contributed by atoms with E-state index in [0.717, 1.165) is 15.6 Å². The van der Waals surface area contributed by atoms with Crippen molar-refractivity contribution in [3.8, 4) is 0 Å². The lowest BCUT2D eigenvalue weighted by atomic mass is 10.1. The number of hydrogen-bond acceptors (Lipinski definition) is 4. The first-order chi connectivity index (χ1) is 9.99. The highest BCUT2D eigenvalue weighted by Gasteiger charge is 2.15. The van der Waals surface area contributed by atoms with Gasteiger partial charge in [0, 0.05) is 17.0 Å². The Bertz CT molecular complexity index is 684. The van der Waals surface area contributed by atoms with Crippen LogP contribution in [-0.2, 0) is 4.79 Å². The Hall–Kier alpha value is -1.60. The van der Waals surface area contributed by atoms with Crippen LogP contribution < -0.4 is 5.32 Å². The average molecular weight is 327 g/mol. The van der Waals surface area contributed by atoms with Crippen molar-refractivity contribution in [3.63, 3.8) is 0 Å². The zero-order valence-corrected chi connectivity index (χ0v) is 12.9. The number of carboxylic acid groups (broad SMARTS) is 1. The molecule has 1 heterocycles. The Kier molecular flexibility index (Phi) is 5.19. The Balaban J connectivity index is 1.99. The van der Waals surface area contributed by atoms with Crippen LogP contribution in [0.4, 0.5) is 4.39 Å². The summed E-state index contributed by atoms with van der Waals surface area (Å²) < 4.78 is 13.9. The number of rotatable bonds is 6. The quantitative estimate of drug-likeness (QED) is 0.801. The number of aryl methyl sites for hydroxylation is 1. The molecule has 2 aromatic rings. The number of aliphatic carboxylic acids is 1. The number of carboxylic acids is 1. The molecule has 112 valence electrons. The molecule has 0 atom stereocenters. The number of hydrogen-bond donors (Lipinski definition) is 2. The second-order valence-corrected chi connectivity index (χ2v) is 6.56. The first kappa shape index (κ1) is 15.8. The van der Waals surface area contributed by atoms with Gasteiger partial charge in [0.05, 0.1) is 10.6 Å². The van der Waals surface area contributed by atoms with Crippen LogP contribution in [0.5, 0.6) is 0 Å². The van der Waals surface area contributed by atoms with E-state index in [2.05, 4.69) is 5.32 Å². The Morgan fingerprint density at radius 1 is 1.43 bits per heavy atom. The van der Waals surface area contributed by atoms with Gasteiger partial charge in [-0.15, -0.1) is 23.1 Å². The number of thiophene rings is 1. The van der Waals surface area contributed by atoms with E-state index in [-0.39, 0.29) is 17.5 Å². The number of nitrogens with one attached hydrogen (secondary N) is 1. The normalized spacial score (nSPS) is 10.8. The Morgan fingerprint density at radius 3 is 2.90 bits per heavy atom. The minimum Gasteiger partial charge on any atom is -0.481 e. The van der Waals surface area contributed by atoms with E-state index in [9.17, 15) is 14.0 Å². The average Bonchev–Trinajstić information content (AvgIpc) is 2.74. The van der Waals surface area contributed by atoms with Crippen LogP contribution in [-0.4, -0.2) is 35.0 Å². The van der Waals surface area contributed by atoms with E-state index in [1.807, 2.05) is 6.92 Å². The summed E-state index contributed by atoms with van der Waals surface area (Å²) >= 11 is 2.51. The van der Waals surface area contributed by atoms with E-state index in [1.54, 1.807) is 6.07 Å². The Morgan fingerprint density at radius 2 is 2.19 bits per heavy atom. The van der Waals surface area contributed by atoms with Crippen molar-refractivity contribution in [1.29, 1.82) is 0 Å². The largest absolute Gasteiger partial charge is 0.481 e. The van der Waals surface area contributed by atoms with Crippen LogP contribution in [0, 0.1) is 12.7 Å². The monoisotopic (exact) mass is 327 g/mol. The predicted molar refractivity (Wildman–Crippen MR) is 83.8 cm³/mol. The first-order valence-electron chi connectivity index (χ1n) is 6.25. The van der Waals surface area contributed by atoms with Crippen LogP contribution in [0.15, 0.2) is 18.2 Å². The number of carbonyl (C=O) groups excluding carboxylic acids is 1. The van der Waals surface area contributed by atoms with Crippen LogP contribution in [0.2, 0.25) is 0 Å². The maximum absolute atomic E-state index is 13.2. The summed E-state index contributed by atoms with van der Waals surface area (Å²) in [7, 11) is 0. The number of amides is 1. The van der Waals surface area contributed by atoms with E-state index in [0.29, 0.717) is 17.2 Å².